The molecule has 0 atom stereocenters. The first-order valence-corrected chi connectivity index (χ1v) is 10.5. The number of rotatable bonds is 7. The highest BCUT2D eigenvalue weighted by atomic mass is 16.5. The Hall–Kier alpha value is -3.41. The lowest BCUT2D eigenvalue weighted by Crippen LogP contribution is -2.17. The van der Waals surface area contributed by atoms with Gasteiger partial charge in [0.1, 0.15) is 0 Å². The molecule has 3 rings (SSSR count). The Morgan fingerprint density at radius 3 is 2.19 bits per heavy atom. The number of nitrogens with zero attached hydrogens (tertiary/aromatic N) is 2. The fourth-order valence-electron chi connectivity index (χ4n) is 3.25. The molecule has 0 radical (unpaired) electrons. The lowest BCUT2D eigenvalue weighted by Gasteiger charge is -2.11. The molecular weight excluding hydrogens is 390 g/mol. The van der Waals surface area contributed by atoms with Gasteiger partial charge in [-0.15, -0.1) is 0 Å². The Labute approximate surface area is 183 Å². The van der Waals surface area contributed by atoms with Crippen LogP contribution in [0.4, 0.5) is 5.69 Å². The Morgan fingerprint density at radius 2 is 1.65 bits per heavy atom. The van der Waals surface area contributed by atoms with Gasteiger partial charge in [-0.1, -0.05) is 58.0 Å². The predicted molar refractivity (Wildman–Crippen MR) is 122 cm³/mol. The lowest BCUT2D eigenvalue weighted by atomic mass is 9.99. The van der Waals surface area contributed by atoms with Crippen molar-refractivity contribution in [2.45, 2.75) is 41.0 Å². The number of esters is 1. The summed E-state index contributed by atoms with van der Waals surface area (Å²) in [5.41, 5.74) is 4.05. The molecule has 6 heteroatoms. The number of nitrogens with one attached hydrogen (secondary N) is 1. The molecule has 0 aliphatic carbocycles. The Balaban J connectivity index is 2.11. The number of carbonyl (C=O) groups is 2. The van der Waals surface area contributed by atoms with E-state index in [9.17, 15) is 9.59 Å². The number of aromatic nitrogens is 2. The van der Waals surface area contributed by atoms with Gasteiger partial charge in [-0.05, 0) is 42.2 Å². The molecule has 6 nitrogen and oxygen atoms in total. The second-order valence-corrected chi connectivity index (χ2v) is 8.29. The van der Waals surface area contributed by atoms with Crippen LogP contribution in [-0.4, -0.2) is 21.7 Å². The smallest absolute Gasteiger partial charge is 0.309 e. The van der Waals surface area contributed by atoms with Crippen molar-refractivity contribution in [1.29, 1.82) is 0 Å². The van der Waals surface area contributed by atoms with Crippen molar-refractivity contribution in [2.24, 2.45) is 11.8 Å². The fourth-order valence-corrected chi connectivity index (χ4v) is 3.25. The van der Waals surface area contributed by atoms with Crippen molar-refractivity contribution in [2.75, 3.05) is 5.32 Å². The second-order valence-electron chi connectivity index (χ2n) is 8.29. The monoisotopic (exact) mass is 419 g/mol. The minimum atomic E-state index is -0.407. The van der Waals surface area contributed by atoms with Crippen LogP contribution >= 0.6 is 0 Å². The van der Waals surface area contributed by atoms with E-state index in [0.29, 0.717) is 11.8 Å². The third kappa shape index (κ3) is 5.40. The van der Waals surface area contributed by atoms with Gasteiger partial charge in [-0.2, -0.15) is 9.78 Å². The molecule has 1 aromatic heterocycles. The summed E-state index contributed by atoms with van der Waals surface area (Å²) in [5.74, 6) is 0.221. The Morgan fingerprint density at radius 1 is 1.00 bits per heavy atom. The first kappa shape index (κ1) is 22.3. The molecule has 0 unspecified atom stereocenters. The predicted octanol–water partition coefficient (Wildman–Crippen LogP) is 5.26. The maximum absolute atomic E-state index is 12.0. The summed E-state index contributed by atoms with van der Waals surface area (Å²) in [5, 5.41) is 7.71. The van der Waals surface area contributed by atoms with Crippen LogP contribution < -0.4 is 10.1 Å². The number of amides is 1. The second kappa shape index (κ2) is 9.60. The van der Waals surface area contributed by atoms with E-state index in [1.807, 2.05) is 68.4 Å². The van der Waals surface area contributed by atoms with Gasteiger partial charge in [-0.3, -0.25) is 9.59 Å². The van der Waals surface area contributed by atoms with Crippen LogP contribution in [0.3, 0.4) is 0 Å². The van der Waals surface area contributed by atoms with Crippen molar-refractivity contribution >= 4 is 17.6 Å². The average molecular weight is 420 g/mol. The average Bonchev–Trinajstić information content (AvgIpc) is 3.05. The lowest BCUT2D eigenvalue weighted by molar-refractivity contribution is -0.132. The van der Waals surface area contributed by atoms with E-state index in [1.54, 1.807) is 4.68 Å². The molecule has 0 saturated carbocycles. The molecule has 0 bridgehead atoms. The Bertz CT molecular complexity index is 1050. The highest BCUT2D eigenvalue weighted by Gasteiger charge is 2.24. The van der Waals surface area contributed by atoms with Crippen LogP contribution in [0.1, 0.15) is 40.3 Å². The van der Waals surface area contributed by atoms with Crippen LogP contribution in [-0.2, 0) is 16.0 Å². The summed E-state index contributed by atoms with van der Waals surface area (Å²) in [7, 11) is 0. The SMILES string of the molecule is CC(=O)Oc1c(-c2ccc(NC(=O)C(C)C)cc2)c(CC(C)C)nn1-c1ccccc1. The topological polar surface area (TPSA) is 73.2 Å². The number of carbonyl (C=O) groups excluding carboxylic acids is 2. The Kier molecular flexibility index (Phi) is 6.90. The summed E-state index contributed by atoms with van der Waals surface area (Å²) in [4.78, 5) is 23.9. The van der Waals surface area contributed by atoms with E-state index in [4.69, 9.17) is 9.84 Å². The molecule has 2 aromatic carbocycles. The normalized spacial score (nSPS) is 11.1. The summed E-state index contributed by atoms with van der Waals surface area (Å²) in [6, 6.07) is 17.2. The van der Waals surface area contributed by atoms with Gasteiger partial charge in [0.25, 0.3) is 0 Å². The number of para-hydroxylation sites is 1. The van der Waals surface area contributed by atoms with Gasteiger partial charge < -0.3 is 10.1 Å². The van der Waals surface area contributed by atoms with E-state index in [0.717, 1.165) is 34.6 Å². The van der Waals surface area contributed by atoms with E-state index in [-0.39, 0.29) is 11.8 Å². The van der Waals surface area contributed by atoms with Gasteiger partial charge in [-0.25, -0.2) is 0 Å². The zero-order chi connectivity index (χ0) is 22.5. The quantitative estimate of drug-likeness (QED) is 0.530. The van der Waals surface area contributed by atoms with Crippen molar-refractivity contribution in [3.63, 3.8) is 0 Å². The standard InChI is InChI=1S/C25H29N3O3/c1-16(2)15-22-23(19-11-13-20(14-12-19)26-24(30)17(3)4)25(31-18(5)29)28(27-22)21-9-7-6-8-10-21/h6-14,16-17H,15H2,1-5H3,(H,26,30). The molecule has 3 aromatic rings. The maximum Gasteiger partial charge on any atom is 0.309 e. The highest BCUT2D eigenvalue weighted by Crippen LogP contribution is 2.37. The van der Waals surface area contributed by atoms with Gasteiger partial charge >= 0.3 is 5.97 Å². The molecule has 0 aliphatic rings. The first-order chi connectivity index (χ1) is 14.8. The van der Waals surface area contributed by atoms with E-state index in [2.05, 4.69) is 19.2 Å². The van der Waals surface area contributed by atoms with Gasteiger partial charge in [0.2, 0.25) is 11.8 Å². The minimum absolute atomic E-state index is 0.0363. The summed E-state index contributed by atoms with van der Waals surface area (Å²) in [6.07, 6.45) is 0.731. The van der Waals surface area contributed by atoms with Crippen LogP contribution in [0.25, 0.3) is 16.8 Å². The van der Waals surface area contributed by atoms with Gasteiger partial charge in [0.05, 0.1) is 16.9 Å². The van der Waals surface area contributed by atoms with Crippen LogP contribution in [0, 0.1) is 11.8 Å². The van der Waals surface area contributed by atoms with Crippen molar-refractivity contribution in [1.82, 2.24) is 9.78 Å². The zero-order valence-corrected chi connectivity index (χ0v) is 18.7. The molecule has 0 aliphatic heterocycles. The van der Waals surface area contributed by atoms with E-state index < -0.39 is 5.97 Å². The van der Waals surface area contributed by atoms with Gasteiger partial charge in [0.15, 0.2) is 0 Å². The largest absolute Gasteiger partial charge is 0.407 e. The third-order valence-corrected chi connectivity index (χ3v) is 4.72. The third-order valence-electron chi connectivity index (χ3n) is 4.72. The molecule has 31 heavy (non-hydrogen) atoms. The first-order valence-electron chi connectivity index (χ1n) is 10.5. The number of anilines is 1. The fraction of sp³-hybridized carbons (Fsp3) is 0.320. The molecule has 0 spiro atoms. The maximum atomic E-state index is 12.0. The molecule has 0 fully saturated rings. The van der Waals surface area contributed by atoms with Crippen molar-refractivity contribution < 1.29 is 14.3 Å². The zero-order valence-electron chi connectivity index (χ0n) is 18.7. The summed E-state index contributed by atoms with van der Waals surface area (Å²) < 4.78 is 7.35. The molecule has 1 heterocycles. The summed E-state index contributed by atoms with van der Waals surface area (Å²) >= 11 is 0. The van der Waals surface area contributed by atoms with E-state index >= 15 is 0 Å². The minimum Gasteiger partial charge on any atom is -0.407 e. The summed E-state index contributed by atoms with van der Waals surface area (Å²) in [6.45, 7) is 9.35. The molecule has 0 saturated heterocycles. The van der Waals surface area contributed by atoms with Crippen LogP contribution in [0.2, 0.25) is 0 Å². The highest BCUT2D eigenvalue weighted by molar-refractivity contribution is 5.92. The van der Waals surface area contributed by atoms with Crippen molar-refractivity contribution in [3.8, 4) is 22.7 Å². The molecule has 1 N–H and O–H groups in total. The number of benzene rings is 2. The van der Waals surface area contributed by atoms with Gasteiger partial charge in [0, 0.05) is 18.5 Å². The molecule has 162 valence electrons. The number of hydrogen-bond donors (Lipinski definition) is 1. The van der Waals surface area contributed by atoms with Crippen LogP contribution in [0.5, 0.6) is 5.88 Å². The number of ether oxygens (including phenoxy) is 1. The molecular formula is C25H29N3O3. The number of hydrogen-bond acceptors (Lipinski definition) is 4. The molecule has 1 amide bonds. The van der Waals surface area contributed by atoms with E-state index in [1.165, 1.54) is 6.92 Å². The van der Waals surface area contributed by atoms with Crippen LogP contribution in [0.15, 0.2) is 54.6 Å². The van der Waals surface area contributed by atoms with Crippen molar-refractivity contribution in [3.05, 3.63) is 60.3 Å².